The number of aromatic nitrogens is 1. The number of nitrogens with one attached hydrogen (secondary N) is 1. The molecule has 82 valence electrons. The van der Waals surface area contributed by atoms with Crippen molar-refractivity contribution in [2.75, 3.05) is 0 Å². The van der Waals surface area contributed by atoms with Crippen molar-refractivity contribution in [2.45, 2.75) is 0 Å². The molecule has 1 heterocycles. The van der Waals surface area contributed by atoms with Crippen LogP contribution in [0, 0.1) is 0 Å². The van der Waals surface area contributed by atoms with Gasteiger partial charge in [0.05, 0.1) is 10.0 Å². The van der Waals surface area contributed by atoms with Crippen LogP contribution in [-0.2, 0) is 0 Å². The van der Waals surface area contributed by atoms with Gasteiger partial charge < -0.3 is 10.1 Å². The summed E-state index contributed by atoms with van der Waals surface area (Å²) in [6.07, 6.45) is 0. The van der Waals surface area contributed by atoms with Crippen LogP contribution < -0.4 is 0 Å². The fraction of sp³-hybridized carbons (Fsp3) is 0. The normalized spacial score (nSPS) is 10.4. The number of benzene rings is 1. The summed E-state index contributed by atoms with van der Waals surface area (Å²) in [5, 5.41) is 9.62. The van der Waals surface area contributed by atoms with Gasteiger partial charge in [-0.05, 0) is 18.2 Å². The zero-order chi connectivity index (χ0) is 11.7. The molecule has 0 unspecified atom stereocenters. The van der Waals surface area contributed by atoms with E-state index in [1.165, 1.54) is 6.07 Å². The molecule has 16 heavy (non-hydrogen) atoms. The molecular formula is C11H7Cl2NO2. The second kappa shape index (κ2) is 4.20. The van der Waals surface area contributed by atoms with E-state index in [0.29, 0.717) is 21.3 Å². The second-order valence-corrected chi connectivity index (χ2v) is 3.98. The van der Waals surface area contributed by atoms with Crippen LogP contribution in [0.2, 0.25) is 10.0 Å². The van der Waals surface area contributed by atoms with E-state index >= 15 is 0 Å². The molecule has 2 aromatic rings. The molecule has 0 radical (unpaired) electrons. The quantitative estimate of drug-likeness (QED) is 0.860. The lowest BCUT2D eigenvalue weighted by atomic mass is 10.1. The molecule has 0 saturated heterocycles. The first-order chi connectivity index (χ1) is 7.59. The van der Waals surface area contributed by atoms with Gasteiger partial charge in [-0.25, -0.2) is 4.79 Å². The fourth-order valence-electron chi connectivity index (χ4n) is 1.39. The Morgan fingerprint density at radius 1 is 1.19 bits per heavy atom. The summed E-state index contributed by atoms with van der Waals surface area (Å²) < 4.78 is 0. The van der Waals surface area contributed by atoms with Crippen LogP contribution in [0.15, 0.2) is 30.3 Å². The minimum absolute atomic E-state index is 0.117. The maximum Gasteiger partial charge on any atom is 0.352 e. The molecule has 0 fully saturated rings. The number of halogens is 2. The van der Waals surface area contributed by atoms with Gasteiger partial charge in [0.15, 0.2) is 0 Å². The summed E-state index contributed by atoms with van der Waals surface area (Å²) in [4.78, 5) is 13.5. The Hall–Kier alpha value is -1.45. The van der Waals surface area contributed by atoms with Gasteiger partial charge in [-0.2, -0.15) is 0 Å². The van der Waals surface area contributed by atoms with E-state index in [1.54, 1.807) is 24.3 Å². The smallest absolute Gasteiger partial charge is 0.352 e. The van der Waals surface area contributed by atoms with Crippen LogP contribution in [0.25, 0.3) is 11.3 Å². The van der Waals surface area contributed by atoms with Crippen molar-refractivity contribution in [2.24, 2.45) is 0 Å². The number of H-pyrrole nitrogens is 1. The third kappa shape index (κ3) is 1.92. The van der Waals surface area contributed by atoms with Gasteiger partial charge in [0.25, 0.3) is 0 Å². The second-order valence-electron chi connectivity index (χ2n) is 3.19. The van der Waals surface area contributed by atoms with Gasteiger partial charge in [-0.3, -0.25) is 0 Å². The number of carboxylic acid groups (broad SMARTS) is 1. The summed E-state index contributed by atoms with van der Waals surface area (Å²) in [7, 11) is 0. The molecule has 2 N–H and O–H groups in total. The SMILES string of the molecule is O=C(O)c1ccc(-c2cccc(Cl)c2Cl)[nH]1. The number of aromatic carboxylic acids is 1. The molecule has 0 atom stereocenters. The zero-order valence-electron chi connectivity index (χ0n) is 8.00. The van der Waals surface area contributed by atoms with Crippen LogP contribution in [-0.4, -0.2) is 16.1 Å². The minimum Gasteiger partial charge on any atom is -0.477 e. The van der Waals surface area contributed by atoms with Crippen molar-refractivity contribution in [1.29, 1.82) is 0 Å². The molecule has 2 rings (SSSR count). The topological polar surface area (TPSA) is 53.1 Å². The number of hydrogen-bond acceptors (Lipinski definition) is 1. The van der Waals surface area contributed by atoms with Gasteiger partial charge in [0.1, 0.15) is 5.69 Å². The highest BCUT2D eigenvalue weighted by atomic mass is 35.5. The number of rotatable bonds is 2. The summed E-state index contributed by atoms with van der Waals surface area (Å²) in [6, 6.07) is 8.33. The average Bonchev–Trinajstić information content (AvgIpc) is 2.71. The molecule has 1 aromatic heterocycles. The maximum absolute atomic E-state index is 10.7. The van der Waals surface area contributed by atoms with E-state index in [-0.39, 0.29) is 5.69 Å². The van der Waals surface area contributed by atoms with E-state index < -0.39 is 5.97 Å². The van der Waals surface area contributed by atoms with Crippen molar-refractivity contribution < 1.29 is 9.90 Å². The lowest BCUT2D eigenvalue weighted by Gasteiger charge is -2.02. The van der Waals surface area contributed by atoms with Crippen molar-refractivity contribution in [1.82, 2.24) is 4.98 Å². The van der Waals surface area contributed by atoms with Gasteiger partial charge in [-0.1, -0.05) is 35.3 Å². The lowest BCUT2D eigenvalue weighted by Crippen LogP contribution is -1.95. The molecule has 0 saturated carbocycles. The standard InChI is InChI=1S/C11H7Cl2NO2/c12-7-3-1-2-6(10(7)13)8-4-5-9(14-8)11(15)16/h1-5,14H,(H,15,16). The van der Waals surface area contributed by atoms with Crippen LogP contribution in [0.3, 0.4) is 0 Å². The van der Waals surface area contributed by atoms with Gasteiger partial charge >= 0.3 is 5.97 Å². The highest BCUT2D eigenvalue weighted by molar-refractivity contribution is 6.43. The predicted octanol–water partition coefficient (Wildman–Crippen LogP) is 3.69. The Bertz CT molecular complexity index is 549. The fourth-order valence-corrected chi connectivity index (χ4v) is 1.79. The van der Waals surface area contributed by atoms with Crippen LogP contribution >= 0.6 is 23.2 Å². The Morgan fingerprint density at radius 3 is 2.56 bits per heavy atom. The first-order valence-corrected chi connectivity index (χ1v) is 5.22. The third-order valence-electron chi connectivity index (χ3n) is 2.16. The van der Waals surface area contributed by atoms with Gasteiger partial charge in [-0.15, -0.1) is 0 Å². The molecule has 0 bridgehead atoms. The largest absolute Gasteiger partial charge is 0.477 e. The molecule has 0 aliphatic heterocycles. The maximum atomic E-state index is 10.7. The predicted molar refractivity (Wildman–Crippen MR) is 63.2 cm³/mol. The molecular weight excluding hydrogens is 249 g/mol. The highest BCUT2D eigenvalue weighted by Crippen LogP contribution is 2.32. The molecule has 0 aliphatic carbocycles. The summed E-state index contributed by atoms with van der Waals surface area (Å²) >= 11 is 11.9. The number of carbonyl (C=O) groups is 1. The van der Waals surface area contributed by atoms with Crippen LogP contribution in [0.1, 0.15) is 10.5 Å². The Morgan fingerprint density at radius 2 is 1.94 bits per heavy atom. The van der Waals surface area contributed by atoms with E-state index in [4.69, 9.17) is 28.3 Å². The summed E-state index contributed by atoms with van der Waals surface area (Å²) in [6.45, 7) is 0. The zero-order valence-corrected chi connectivity index (χ0v) is 9.51. The van der Waals surface area contributed by atoms with E-state index in [0.717, 1.165) is 0 Å². The first-order valence-electron chi connectivity index (χ1n) is 4.46. The first kappa shape index (κ1) is 11.0. The lowest BCUT2D eigenvalue weighted by molar-refractivity contribution is 0.0691. The Balaban J connectivity index is 2.50. The van der Waals surface area contributed by atoms with Crippen molar-refractivity contribution >= 4 is 29.2 Å². The van der Waals surface area contributed by atoms with Gasteiger partial charge in [0, 0.05) is 11.3 Å². The van der Waals surface area contributed by atoms with Crippen molar-refractivity contribution in [3.8, 4) is 11.3 Å². The van der Waals surface area contributed by atoms with Crippen LogP contribution in [0.5, 0.6) is 0 Å². The molecule has 0 amide bonds. The molecule has 0 aliphatic rings. The summed E-state index contributed by atoms with van der Waals surface area (Å²) in [5.74, 6) is -1.01. The van der Waals surface area contributed by atoms with Crippen molar-refractivity contribution in [3.05, 3.63) is 46.1 Å². The average molecular weight is 256 g/mol. The molecule has 1 aromatic carbocycles. The molecule has 0 spiro atoms. The minimum atomic E-state index is -1.01. The third-order valence-corrected chi connectivity index (χ3v) is 2.98. The van der Waals surface area contributed by atoms with Crippen molar-refractivity contribution in [3.63, 3.8) is 0 Å². The monoisotopic (exact) mass is 255 g/mol. The number of carboxylic acids is 1. The summed E-state index contributed by atoms with van der Waals surface area (Å²) in [5.41, 5.74) is 1.43. The van der Waals surface area contributed by atoms with Crippen LogP contribution in [0.4, 0.5) is 0 Å². The molecule has 5 heteroatoms. The highest BCUT2D eigenvalue weighted by Gasteiger charge is 2.11. The number of hydrogen-bond donors (Lipinski definition) is 2. The Labute approximate surface area is 102 Å². The van der Waals surface area contributed by atoms with Gasteiger partial charge in [0.2, 0.25) is 0 Å². The number of aromatic amines is 1. The van der Waals surface area contributed by atoms with E-state index in [2.05, 4.69) is 4.98 Å². The Kier molecular flexibility index (Phi) is 2.90. The molecule has 3 nitrogen and oxygen atoms in total. The van der Waals surface area contributed by atoms with E-state index in [1.807, 2.05) is 0 Å². The van der Waals surface area contributed by atoms with E-state index in [9.17, 15) is 4.79 Å².